The summed E-state index contributed by atoms with van der Waals surface area (Å²) in [6.45, 7) is 0.554. The van der Waals surface area contributed by atoms with Crippen molar-refractivity contribution in [1.29, 1.82) is 0 Å². The molecule has 10 heteroatoms. The third-order valence-corrected chi connectivity index (χ3v) is 5.24. The number of amides is 2. The molecule has 0 spiro atoms. The van der Waals surface area contributed by atoms with Gasteiger partial charge in [-0.05, 0) is 30.2 Å². The first-order valence-corrected chi connectivity index (χ1v) is 10.3. The van der Waals surface area contributed by atoms with E-state index in [2.05, 4.69) is 15.3 Å². The van der Waals surface area contributed by atoms with E-state index in [0.717, 1.165) is 16.1 Å². The molecule has 0 aliphatic carbocycles. The Labute approximate surface area is 182 Å². The number of rotatable bonds is 10. The van der Waals surface area contributed by atoms with Crippen LogP contribution in [0.4, 0.5) is 0 Å². The summed E-state index contributed by atoms with van der Waals surface area (Å²) in [6, 6.07) is 5.63. The number of aliphatic carboxylic acids is 1. The number of nitrogens with one attached hydrogen (secondary N) is 1. The highest BCUT2D eigenvalue weighted by atomic mass is 32.1. The van der Waals surface area contributed by atoms with E-state index in [9.17, 15) is 19.5 Å². The van der Waals surface area contributed by atoms with Gasteiger partial charge < -0.3 is 20.7 Å². The Kier molecular flexibility index (Phi) is 7.28. The van der Waals surface area contributed by atoms with Gasteiger partial charge in [0.25, 0.3) is 5.91 Å². The van der Waals surface area contributed by atoms with Gasteiger partial charge in [-0.15, -0.1) is 11.3 Å². The van der Waals surface area contributed by atoms with Gasteiger partial charge in [0, 0.05) is 41.5 Å². The smallest absolute Gasteiger partial charge is 0.326 e. The number of carbonyl (C=O) groups excluding carboxylic acids is 2. The number of allylic oxidation sites excluding steroid dienone is 1. The molecule has 0 aliphatic heterocycles. The third-order valence-electron chi connectivity index (χ3n) is 4.39. The number of nitrogens with zero attached hydrogens (tertiary/aromatic N) is 3. The second-order valence-corrected chi connectivity index (χ2v) is 7.63. The maximum absolute atomic E-state index is 12.6. The van der Waals surface area contributed by atoms with Crippen molar-refractivity contribution in [1.82, 2.24) is 19.9 Å². The van der Waals surface area contributed by atoms with Gasteiger partial charge >= 0.3 is 5.97 Å². The maximum Gasteiger partial charge on any atom is 0.326 e. The van der Waals surface area contributed by atoms with Gasteiger partial charge in [0.1, 0.15) is 11.0 Å². The number of carbonyl (C=O) groups is 3. The van der Waals surface area contributed by atoms with Crippen LogP contribution in [-0.2, 0) is 16.1 Å². The Morgan fingerprint density at radius 2 is 2.13 bits per heavy atom. The van der Waals surface area contributed by atoms with Gasteiger partial charge in [-0.3, -0.25) is 9.59 Å². The van der Waals surface area contributed by atoms with Gasteiger partial charge in [0.15, 0.2) is 0 Å². The summed E-state index contributed by atoms with van der Waals surface area (Å²) in [6.07, 6.45) is 8.70. The second-order valence-electron chi connectivity index (χ2n) is 6.74. The fourth-order valence-electron chi connectivity index (χ4n) is 2.89. The minimum absolute atomic E-state index is 0.0743. The largest absolute Gasteiger partial charge is 0.480 e. The number of thiazole rings is 1. The molecular formula is C21H21N5O4S. The predicted molar refractivity (Wildman–Crippen MR) is 116 cm³/mol. The van der Waals surface area contributed by atoms with Crippen molar-refractivity contribution >= 4 is 40.8 Å². The van der Waals surface area contributed by atoms with E-state index in [0.29, 0.717) is 12.1 Å². The van der Waals surface area contributed by atoms with Crippen molar-refractivity contribution in [3.63, 3.8) is 0 Å². The first-order chi connectivity index (χ1) is 14.9. The molecule has 0 saturated carbocycles. The number of primary amides is 1. The normalized spacial score (nSPS) is 12.3. The van der Waals surface area contributed by atoms with Gasteiger partial charge in [0.05, 0.1) is 12.9 Å². The van der Waals surface area contributed by atoms with Gasteiger partial charge in [-0.1, -0.05) is 12.1 Å². The average molecular weight is 439 g/mol. The van der Waals surface area contributed by atoms with Crippen LogP contribution in [0.1, 0.15) is 33.8 Å². The van der Waals surface area contributed by atoms with Crippen molar-refractivity contribution in [3.05, 3.63) is 70.7 Å². The van der Waals surface area contributed by atoms with Crippen LogP contribution in [0.2, 0.25) is 0 Å². The molecular weight excluding hydrogens is 418 g/mol. The summed E-state index contributed by atoms with van der Waals surface area (Å²) in [4.78, 5) is 43.4. The number of hydrogen-bond acceptors (Lipinski definition) is 6. The first kappa shape index (κ1) is 21.9. The standard InChI is InChI=1S/C21H21N5O4S/c22-18(27)5-4-17(21(29)30)25-19(28)15-3-1-2-14(10-15)11-16(20-24-7-9-31-20)12-26-8-6-23-13-26/h1-3,6-11,13,17H,4-5,12H2,(H2,22,27)(H,25,28)(H,29,30)/t17-/m0/s1. The molecule has 160 valence electrons. The Bertz CT molecular complexity index is 1080. The van der Waals surface area contributed by atoms with Crippen molar-refractivity contribution in [3.8, 4) is 0 Å². The highest BCUT2D eigenvalue weighted by molar-refractivity contribution is 7.10. The quantitative estimate of drug-likeness (QED) is 0.441. The summed E-state index contributed by atoms with van der Waals surface area (Å²) < 4.78 is 1.92. The van der Waals surface area contributed by atoms with E-state index >= 15 is 0 Å². The zero-order valence-corrected chi connectivity index (χ0v) is 17.3. The van der Waals surface area contributed by atoms with E-state index in [1.54, 1.807) is 36.9 Å². The summed E-state index contributed by atoms with van der Waals surface area (Å²) in [7, 11) is 0. The molecule has 3 rings (SSSR count). The zero-order valence-electron chi connectivity index (χ0n) is 16.5. The van der Waals surface area contributed by atoms with Crippen LogP contribution in [0.3, 0.4) is 0 Å². The Hall–Kier alpha value is -3.79. The first-order valence-electron chi connectivity index (χ1n) is 9.40. The molecule has 0 radical (unpaired) electrons. The van der Waals surface area contributed by atoms with Crippen LogP contribution >= 0.6 is 11.3 Å². The van der Waals surface area contributed by atoms with E-state index in [4.69, 9.17) is 5.73 Å². The molecule has 0 fully saturated rings. The molecule has 0 bridgehead atoms. The third kappa shape index (κ3) is 6.34. The highest BCUT2D eigenvalue weighted by Crippen LogP contribution is 2.23. The molecule has 0 unspecified atom stereocenters. The molecule has 3 aromatic rings. The van der Waals surface area contributed by atoms with E-state index in [1.807, 2.05) is 28.3 Å². The molecule has 9 nitrogen and oxygen atoms in total. The number of hydrogen-bond donors (Lipinski definition) is 3. The highest BCUT2D eigenvalue weighted by Gasteiger charge is 2.21. The molecule has 31 heavy (non-hydrogen) atoms. The van der Waals surface area contributed by atoms with E-state index < -0.39 is 23.8 Å². The molecule has 4 N–H and O–H groups in total. The number of aromatic nitrogens is 3. The molecule has 2 aromatic heterocycles. The molecule has 1 aromatic carbocycles. The predicted octanol–water partition coefficient (Wildman–Crippen LogP) is 2.03. The average Bonchev–Trinajstić information content (AvgIpc) is 3.44. The maximum atomic E-state index is 12.6. The van der Waals surface area contributed by atoms with E-state index in [1.165, 1.54) is 11.3 Å². The fourth-order valence-corrected chi connectivity index (χ4v) is 3.54. The van der Waals surface area contributed by atoms with Crippen LogP contribution in [-0.4, -0.2) is 43.5 Å². The van der Waals surface area contributed by atoms with Crippen LogP contribution in [0.5, 0.6) is 0 Å². The van der Waals surface area contributed by atoms with Crippen molar-refractivity contribution in [2.75, 3.05) is 0 Å². The summed E-state index contributed by atoms with van der Waals surface area (Å²) in [5.41, 5.74) is 7.09. The Morgan fingerprint density at radius 3 is 2.77 bits per heavy atom. The second kappa shape index (κ2) is 10.3. The van der Waals surface area contributed by atoms with Crippen molar-refractivity contribution in [2.24, 2.45) is 5.73 Å². The van der Waals surface area contributed by atoms with Crippen LogP contribution in [0, 0.1) is 0 Å². The molecule has 2 heterocycles. The van der Waals surface area contributed by atoms with Crippen LogP contribution < -0.4 is 11.1 Å². The number of carboxylic acids is 1. The minimum atomic E-state index is -1.22. The molecule has 1 atom stereocenters. The summed E-state index contributed by atoms with van der Waals surface area (Å²) >= 11 is 1.51. The monoisotopic (exact) mass is 439 g/mol. The molecule has 0 saturated heterocycles. The fraction of sp³-hybridized carbons (Fsp3) is 0.190. The summed E-state index contributed by atoms with van der Waals surface area (Å²) in [5, 5.41) is 14.5. The van der Waals surface area contributed by atoms with Gasteiger partial charge in [-0.25, -0.2) is 14.8 Å². The van der Waals surface area contributed by atoms with Crippen molar-refractivity contribution in [2.45, 2.75) is 25.4 Å². The van der Waals surface area contributed by atoms with Gasteiger partial charge in [-0.2, -0.15) is 0 Å². The topological polar surface area (TPSA) is 140 Å². The number of carboxylic acid groups (broad SMARTS) is 1. The molecule has 2 amide bonds. The van der Waals surface area contributed by atoms with E-state index in [-0.39, 0.29) is 12.8 Å². The number of imidazole rings is 1. The lowest BCUT2D eigenvalue weighted by Crippen LogP contribution is -2.41. The zero-order chi connectivity index (χ0) is 22.2. The van der Waals surface area contributed by atoms with Crippen LogP contribution in [0.15, 0.2) is 54.6 Å². The summed E-state index contributed by atoms with van der Waals surface area (Å²) in [5.74, 6) is -2.39. The van der Waals surface area contributed by atoms with Crippen LogP contribution in [0.25, 0.3) is 11.6 Å². The lowest BCUT2D eigenvalue weighted by molar-refractivity contribution is -0.139. The van der Waals surface area contributed by atoms with Gasteiger partial charge in [0.2, 0.25) is 5.91 Å². The number of benzene rings is 1. The lowest BCUT2D eigenvalue weighted by atomic mass is 10.1. The lowest BCUT2D eigenvalue weighted by Gasteiger charge is -2.14. The number of nitrogens with two attached hydrogens (primary N) is 1. The Morgan fingerprint density at radius 1 is 1.29 bits per heavy atom. The molecule has 0 aliphatic rings. The SMILES string of the molecule is NC(=O)CC[C@H](NC(=O)c1cccc(C=C(Cn2ccnc2)c2nccs2)c1)C(=O)O. The van der Waals surface area contributed by atoms with Crippen molar-refractivity contribution < 1.29 is 19.5 Å². The Balaban J connectivity index is 1.81. The minimum Gasteiger partial charge on any atom is -0.480 e.